The Labute approximate surface area is 100 Å². The van der Waals surface area contributed by atoms with Gasteiger partial charge in [0.05, 0.1) is 0 Å². The number of nitrogens with two attached hydrogens (primary N) is 1. The van der Waals surface area contributed by atoms with E-state index in [0.29, 0.717) is 6.54 Å². The second-order valence-corrected chi connectivity index (χ2v) is 4.24. The molecule has 0 aliphatic rings. The Morgan fingerprint density at radius 1 is 1.19 bits per heavy atom. The van der Waals surface area contributed by atoms with E-state index in [1.54, 1.807) is 0 Å². The van der Waals surface area contributed by atoms with Gasteiger partial charge in [-0.25, -0.2) is 0 Å². The van der Waals surface area contributed by atoms with E-state index in [9.17, 15) is 0 Å². The van der Waals surface area contributed by atoms with Crippen LogP contribution in [0.3, 0.4) is 0 Å². The van der Waals surface area contributed by atoms with Crippen molar-refractivity contribution in [3.05, 3.63) is 47.1 Å². The van der Waals surface area contributed by atoms with Gasteiger partial charge in [0, 0.05) is 6.54 Å². The van der Waals surface area contributed by atoms with Crippen molar-refractivity contribution >= 4 is 0 Å². The number of hydrogen-bond acceptors (Lipinski definition) is 1. The van der Waals surface area contributed by atoms with Crippen molar-refractivity contribution in [3.63, 3.8) is 0 Å². The van der Waals surface area contributed by atoms with Gasteiger partial charge in [0.15, 0.2) is 0 Å². The van der Waals surface area contributed by atoms with Gasteiger partial charge in [-0.1, -0.05) is 48.5 Å². The molecule has 0 saturated carbocycles. The molecule has 0 aliphatic carbocycles. The minimum atomic E-state index is 0.560. The summed E-state index contributed by atoms with van der Waals surface area (Å²) >= 11 is 0. The number of allylic oxidation sites excluding steroid dienone is 5. The molecule has 0 unspecified atom stereocenters. The molecule has 0 aromatic carbocycles. The van der Waals surface area contributed by atoms with E-state index in [2.05, 4.69) is 45.6 Å². The maximum atomic E-state index is 5.65. The molecule has 16 heavy (non-hydrogen) atoms. The van der Waals surface area contributed by atoms with Gasteiger partial charge in [-0.05, 0) is 39.2 Å². The van der Waals surface area contributed by atoms with Crippen LogP contribution in [-0.2, 0) is 0 Å². The monoisotopic (exact) mass is 219 g/mol. The summed E-state index contributed by atoms with van der Waals surface area (Å²) in [5, 5.41) is 0. The van der Waals surface area contributed by atoms with E-state index in [1.807, 2.05) is 6.92 Å². The molecule has 0 aromatic rings. The lowest BCUT2D eigenvalue weighted by atomic mass is 10.1. The van der Waals surface area contributed by atoms with Gasteiger partial charge in [0.2, 0.25) is 0 Å². The number of hydrogen-bond donors (Lipinski definition) is 1. The lowest BCUT2D eigenvalue weighted by molar-refractivity contribution is 1.07. The van der Waals surface area contributed by atoms with Crippen molar-refractivity contribution in [2.75, 3.05) is 6.54 Å². The molecule has 0 radical (unpaired) electrons. The van der Waals surface area contributed by atoms with E-state index >= 15 is 0 Å². The molecule has 0 fully saturated rings. The minimum Gasteiger partial charge on any atom is -0.326 e. The van der Waals surface area contributed by atoms with Crippen LogP contribution in [0.2, 0.25) is 0 Å². The summed E-state index contributed by atoms with van der Waals surface area (Å²) in [7, 11) is 0. The topological polar surface area (TPSA) is 26.0 Å². The first-order chi connectivity index (χ1) is 7.51. The van der Waals surface area contributed by atoms with Crippen molar-refractivity contribution in [1.29, 1.82) is 0 Å². The van der Waals surface area contributed by atoms with Crippen LogP contribution in [0.25, 0.3) is 0 Å². The molecule has 0 heterocycles. The Bertz CT molecular complexity index is 316. The van der Waals surface area contributed by atoms with E-state index in [1.165, 1.54) is 11.1 Å². The molecule has 2 N–H and O–H groups in total. The summed E-state index contributed by atoms with van der Waals surface area (Å²) in [6.45, 7) is 12.9. The maximum absolute atomic E-state index is 5.65. The van der Waals surface area contributed by atoms with Gasteiger partial charge in [0.25, 0.3) is 0 Å². The first-order valence-corrected chi connectivity index (χ1v) is 5.90. The number of rotatable bonds is 6. The fourth-order valence-corrected chi connectivity index (χ4v) is 1.28. The van der Waals surface area contributed by atoms with Gasteiger partial charge in [-0.15, -0.1) is 0 Å². The Morgan fingerprint density at radius 2 is 1.81 bits per heavy atom. The quantitative estimate of drug-likeness (QED) is 0.527. The fraction of sp³-hybridized carbons (Fsp3) is 0.467. The summed E-state index contributed by atoms with van der Waals surface area (Å²) in [4.78, 5) is 0. The van der Waals surface area contributed by atoms with E-state index in [-0.39, 0.29) is 0 Å². The first-order valence-electron chi connectivity index (χ1n) is 5.90. The highest BCUT2D eigenvalue weighted by atomic mass is 14.5. The van der Waals surface area contributed by atoms with Crippen molar-refractivity contribution in [3.8, 4) is 0 Å². The Balaban J connectivity index is 4.50. The highest BCUT2D eigenvalue weighted by Crippen LogP contribution is 2.10. The molecule has 0 spiro atoms. The van der Waals surface area contributed by atoms with Crippen molar-refractivity contribution in [2.24, 2.45) is 5.73 Å². The van der Waals surface area contributed by atoms with Crippen molar-refractivity contribution < 1.29 is 0 Å². The average molecular weight is 219 g/mol. The van der Waals surface area contributed by atoms with E-state index in [4.69, 9.17) is 5.73 Å². The molecule has 1 nitrogen and oxygen atoms in total. The van der Waals surface area contributed by atoms with E-state index in [0.717, 1.165) is 24.0 Å². The smallest absolute Gasteiger partial charge is 0.0180 e. The molecule has 0 atom stereocenters. The minimum absolute atomic E-state index is 0.560. The van der Waals surface area contributed by atoms with Crippen molar-refractivity contribution in [2.45, 2.75) is 40.5 Å². The van der Waals surface area contributed by atoms with Crippen LogP contribution in [-0.4, -0.2) is 6.54 Å². The second kappa shape index (κ2) is 8.12. The molecule has 0 bridgehead atoms. The average Bonchev–Trinajstić information content (AvgIpc) is 2.25. The zero-order chi connectivity index (χ0) is 12.6. The summed E-state index contributed by atoms with van der Waals surface area (Å²) < 4.78 is 0. The SMILES string of the molecule is C=C(C)/C(=C/C(C)=C/C/C=C(\C)CC)CN. The van der Waals surface area contributed by atoms with Gasteiger partial charge >= 0.3 is 0 Å². The highest BCUT2D eigenvalue weighted by Gasteiger charge is 1.94. The third-order valence-corrected chi connectivity index (χ3v) is 2.63. The third-order valence-electron chi connectivity index (χ3n) is 2.63. The zero-order valence-corrected chi connectivity index (χ0v) is 11.1. The Morgan fingerprint density at radius 3 is 2.25 bits per heavy atom. The van der Waals surface area contributed by atoms with Crippen LogP contribution in [0.1, 0.15) is 40.5 Å². The zero-order valence-electron chi connectivity index (χ0n) is 11.1. The molecular formula is C15H25N. The molecule has 0 aliphatic heterocycles. The van der Waals surface area contributed by atoms with Gasteiger partial charge in [-0.3, -0.25) is 0 Å². The summed E-state index contributed by atoms with van der Waals surface area (Å²) in [5.74, 6) is 0. The lowest BCUT2D eigenvalue weighted by Gasteiger charge is -2.03. The summed E-state index contributed by atoms with van der Waals surface area (Å²) in [6.07, 6.45) is 8.73. The molecule has 90 valence electrons. The molecular weight excluding hydrogens is 194 g/mol. The predicted molar refractivity (Wildman–Crippen MR) is 74.4 cm³/mol. The van der Waals surface area contributed by atoms with Crippen LogP contribution < -0.4 is 5.73 Å². The summed E-state index contributed by atoms with van der Waals surface area (Å²) in [6, 6.07) is 0. The fourth-order valence-electron chi connectivity index (χ4n) is 1.28. The standard InChI is InChI=1S/C15H25N/c1-6-13(4)8-7-9-14(5)10-15(11-16)12(2)3/h8-10H,2,6-7,11,16H2,1,3-5H3/b13-8+,14-9+,15-10+. The first kappa shape index (κ1) is 14.9. The van der Waals surface area contributed by atoms with Crippen LogP contribution in [0, 0.1) is 0 Å². The Kier molecular flexibility index (Phi) is 7.57. The predicted octanol–water partition coefficient (Wildman–Crippen LogP) is 4.14. The van der Waals surface area contributed by atoms with Gasteiger partial charge < -0.3 is 5.73 Å². The van der Waals surface area contributed by atoms with E-state index < -0.39 is 0 Å². The van der Waals surface area contributed by atoms with Crippen LogP contribution in [0.15, 0.2) is 47.1 Å². The summed E-state index contributed by atoms with van der Waals surface area (Å²) in [5.41, 5.74) is 10.5. The van der Waals surface area contributed by atoms with Crippen LogP contribution >= 0.6 is 0 Å². The molecule has 0 amide bonds. The lowest BCUT2D eigenvalue weighted by Crippen LogP contribution is -2.03. The maximum Gasteiger partial charge on any atom is 0.0180 e. The second-order valence-electron chi connectivity index (χ2n) is 4.24. The van der Waals surface area contributed by atoms with Gasteiger partial charge in [-0.2, -0.15) is 0 Å². The molecule has 0 rings (SSSR count). The Hall–Kier alpha value is -1.08. The third kappa shape index (κ3) is 6.41. The van der Waals surface area contributed by atoms with Crippen LogP contribution in [0.4, 0.5) is 0 Å². The highest BCUT2D eigenvalue weighted by molar-refractivity contribution is 5.34. The molecule has 0 aromatic heterocycles. The normalized spacial score (nSPS) is 14.2. The van der Waals surface area contributed by atoms with Crippen molar-refractivity contribution in [1.82, 2.24) is 0 Å². The molecule has 1 heteroatoms. The largest absolute Gasteiger partial charge is 0.326 e. The molecule has 0 saturated heterocycles. The van der Waals surface area contributed by atoms with Crippen LogP contribution in [0.5, 0.6) is 0 Å². The van der Waals surface area contributed by atoms with Gasteiger partial charge in [0.1, 0.15) is 0 Å².